The minimum atomic E-state index is -1.67. The van der Waals surface area contributed by atoms with Crippen LogP contribution < -0.4 is 5.73 Å². The highest BCUT2D eigenvalue weighted by atomic mass is 28.4. The van der Waals surface area contributed by atoms with Gasteiger partial charge in [0.05, 0.1) is 5.76 Å². The molecule has 0 aromatic carbocycles. The number of rotatable bonds is 3. The maximum Gasteiger partial charge on any atom is 0.250 e. The van der Waals surface area contributed by atoms with E-state index in [0.717, 1.165) is 13.0 Å². The minimum absolute atomic E-state index is 0.268. The number of hydrogen-bond acceptors (Lipinski definition) is 2. The molecule has 0 aromatic rings. The largest absolute Gasteiger partial charge is 0.546 e. The molecule has 0 aromatic heterocycles. The molecule has 0 bridgehead atoms. The Labute approximate surface area is 101 Å². The first kappa shape index (κ1) is 13.8. The Morgan fingerprint density at radius 1 is 1.44 bits per heavy atom. The summed E-state index contributed by atoms with van der Waals surface area (Å²) in [4.78, 5) is 0. The second-order valence-corrected chi connectivity index (χ2v) is 11.1. The summed E-state index contributed by atoms with van der Waals surface area (Å²) in [7, 11) is -1.67. The van der Waals surface area contributed by atoms with Crippen molar-refractivity contribution in [2.75, 3.05) is 6.54 Å². The topological polar surface area (TPSA) is 35.2 Å². The van der Waals surface area contributed by atoms with Gasteiger partial charge in [-0.15, -0.1) is 0 Å². The molecule has 1 aliphatic carbocycles. The van der Waals surface area contributed by atoms with Crippen LogP contribution in [0.25, 0.3) is 0 Å². The Bertz CT molecular complexity index is 266. The van der Waals surface area contributed by atoms with E-state index in [1.807, 2.05) is 0 Å². The van der Waals surface area contributed by atoms with Crippen LogP contribution in [0, 0.1) is 5.92 Å². The zero-order valence-corrected chi connectivity index (χ0v) is 12.5. The molecule has 0 radical (unpaired) electrons. The molecule has 2 nitrogen and oxygen atoms in total. The van der Waals surface area contributed by atoms with Gasteiger partial charge < -0.3 is 10.2 Å². The highest BCUT2D eigenvalue weighted by Gasteiger charge is 2.40. The van der Waals surface area contributed by atoms with E-state index in [4.69, 9.17) is 10.2 Å². The van der Waals surface area contributed by atoms with Crippen molar-refractivity contribution in [3.05, 3.63) is 11.8 Å². The lowest BCUT2D eigenvalue weighted by atomic mass is 9.94. The molecule has 16 heavy (non-hydrogen) atoms. The maximum atomic E-state index is 6.37. The predicted molar refractivity (Wildman–Crippen MR) is 72.8 cm³/mol. The van der Waals surface area contributed by atoms with Crippen molar-refractivity contribution in [2.45, 2.75) is 58.2 Å². The Hall–Kier alpha value is -0.283. The van der Waals surface area contributed by atoms with Crippen molar-refractivity contribution in [3.63, 3.8) is 0 Å². The molecule has 0 saturated carbocycles. The number of nitrogens with two attached hydrogens (primary N) is 1. The summed E-state index contributed by atoms with van der Waals surface area (Å²) in [6.45, 7) is 12.2. The predicted octanol–water partition coefficient (Wildman–Crippen LogP) is 3.65. The fourth-order valence-corrected chi connectivity index (χ4v) is 2.87. The van der Waals surface area contributed by atoms with E-state index in [1.165, 1.54) is 18.6 Å². The zero-order chi connectivity index (χ0) is 12.4. The van der Waals surface area contributed by atoms with Crippen LogP contribution in [-0.4, -0.2) is 14.9 Å². The zero-order valence-electron chi connectivity index (χ0n) is 11.5. The molecule has 0 heterocycles. The van der Waals surface area contributed by atoms with Crippen LogP contribution in [0.2, 0.25) is 18.1 Å². The third-order valence-electron chi connectivity index (χ3n) is 3.97. The second kappa shape index (κ2) is 4.92. The third-order valence-corrected chi connectivity index (χ3v) is 8.33. The molecule has 2 N–H and O–H groups in total. The Kier molecular flexibility index (Phi) is 4.24. The summed E-state index contributed by atoms with van der Waals surface area (Å²) in [5.74, 6) is 1.64. The molecular weight excluding hydrogens is 214 g/mol. The van der Waals surface area contributed by atoms with Gasteiger partial charge in [0.2, 0.25) is 8.32 Å². The van der Waals surface area contributed by atoms with Crippen molar-refractivity contribution >= 4 is 8.32 Å². The van der Waals surface area contributed by atoms with E-state index in [1.54, 1.807) is 0 Å². The maximum absolute atomic E-state index is 6.37. The van der Waals surface area contributed by atoms with Crippen LogP contribution >= 0.6 is 0 Å². The van der Waals surface area contributed by atoms with Gasteiger partial charge in [0.15, 0.2) is 0 Å². The van der Waals surface area contributed by atoms with Crippen molar-refractivity contribution in [3.8, 4) is 0 Å². The van der Waals surface area contributed by atoms with Crippen LogP contribution in [-0.2, 0) is 4.43 Å². The van der Waals surface area contributed by atoms with Gasteiger partial charge in [-0.1, -0.05) is 20.8 Å². The monoisotopic (exact) mass is 241 g/mol. The molecule has 0 spiro atoms. The van der Waals surface area contributed by atoms with Crippen molar-refractivity contribution < 1.29 is 4.43 Å². The highest BCUT2D eigenvalue weighted by Crippen LogP contribution is 2.40. The minimum Gasteiger partial charge on any atom is -0.546 e. The molecule has 1 unspecified atom stereocenters. The number of hydrogen-bond donors (Lipinski definition) is 1. The molecule has 1 rings (SSSR count). The summed E-state index contributed by atoms with van der Waals surface area (Å²) in [6.07, 6.45) is 5.87. The Morgan fingerprint density at radius 2 is 2.06 bits per heavy atom. The molecule has 94 valence electrons. The van der Waals surface area contributed by atoms with Crippen LogP contribution in [0.15, 0.2) is 11.8 Å². The van der Waals surface area contributed by atoms with Gasteiger partial charge >= 0.3 is 0 Å². The standard InChI is InChI=1S/C13H27NOSi/c1-13(2,3)16(4,5)15-12-9-7-6-8-11(12)10-14/h9,11H,6-8,10,14H2,1-5H3. The SMILES string of the molecule is CC(C)(C)[Si](C)(C)OC1=CCCCC1CN. The Balaban J connectivity index is 2.76. The van der Waals surface area contributed by atoms with Gasteiger partial charge in [-0.05, 0) is 43.5 Å². The summed E-state index contributed by atoms with van der Waals surface area (Å²) in [5, 5.41) is 0.268. The first-order valence-electron chi connectivity index (χ1n) is 6.37. The van der Waals surface area contributed by atoms with E-state index >= 15 is 0 Å². The molecule has 0 saturated heterocycles. The molecule has 0 amide bonds. The fraction of sp³-hybridized carbons (Fsp3) is 0.846. The van der Waals surface area contributed by atoms with Crippen molar-refractivity contribution in [2.24, 2.45) is 11.7 Å². The summed E-state index contributed by atoms with van der Waals surface area (Å²) in [6, 6.07) is 0. The van der Waals surface area contributed by atoms with Crippen molar-refractivity contribution in [1.82, 2.24) is 0 Å². The van der Waals surface area contributed by atoms with Gasteiger partial charge in [-0.2, -0.15) is 0 Å². The van der Waals surface area contributed by atoms with Crippen LogP contribution in [0.5, 0.6) is 0 Å². The average Bonchev–Trinajstić information content (AvgIpc) is 2.16. The molecular formula is C13H27NOSi. The van der Waals surface area contributed by atoms with Gasteiger partial charge in [0.25, 0.3) is 0 Å². The van der Waals surface area contributed by atoms with Gasteiger partial charge in [-0.25, -0.2) is 0 Å². The quantitative estimate of drug-likeness (QED) is 0.766. The van der Waals surface area contributed by atoms with E-state index < -0.39 is 8.32 Å². The summed E-state index contributed by atoms with van der Waals surface area (Å²) < 4.78 is 6.37. The Morgan fingerprint density at radius 3 is 2.56 bits per heavy atom. The van der Waals surface area contributed by atoms with E-state index in [2.05, 4.69) is 39.9 Å². The first-order valence-corrected chi connectivity index (χ1v) is 9.28. The smallest absolute Gasteiger partial charge is 0.250 e. The van der Waals surface area contributed by atoms with Crippen LogP contribution in [0.3, 0.4) is 0 Å². The first-order chi connectivity index (χ1) is 7.28. The third kappa shape index (κ3) is 3.11. The van der Waals surface area contributed by atoms with E-state index in [-0.39, 0.29) is 5.04 Å². The van der Waals surface area contributed by atoms with Crippen LogP contribution in [0.1, 0.15) is 40.0 Å². The molecule has 3 heteroatoms. The molecule has 0 fully saturated rings. The molecule has 1 atom stereocenters. The lowest BCUT2D eigenvalue weighted by molar-refractivity contribution is 0.297. The normalized spacial score (nSPS) is 22.9. The van der Waals surface area contributed by atoms with Gasteiger partial charge in [-0.3, -0.25) is 0 Å². The van der Waals surface area contributed by atoms with Gasteiger partial charge in [0, 0.05) is 12.5 Å². The van der Waals surface area contributed by atoms with Crippen molar-refractivity contribution in [1.29, 1.82) is 0 Å². The second-order valence-electron chi connectivity index (χ2n) is 6.33. The van der Waals surface area contributed by atoms with E-state index in [0.29, 0.717) is 5.92 Å². The summed E-state index contributed by atoms with van der Waals surface area (Å²) >= 11 is 0. The average molecular weight is 241 g/mol. The molecule has 1 aliphatic rings. The highest BCUT2D eigenvalue weighted by molar-refractivity contribution is 6.74. The van der Waals surface area contributed by atoms with E-state index in [9.17, 15) is 0 Å². The lowest BCUT2D eigenvalue weighted by Gasteiger charge is -2.39. The fourth-order valence-electron chi connectivity index (χ4n) is 1.72. The molecule has 0 aliphatic heterocycles. The lowest BCUT2D eigenvalue weighted by Crippen LogP contribution is -2.42. The number of allylic oxidation sites excluding steroid dienone is 1. The van der Waals surface area contributed by atoms with Gasteiger partial charge in [0.1, 0.15) is 0 Å². The summed E-state index contributed by atoms with van der Waals surface area (Å²) in [5.41, 5.74) is 5.82. The van der Waals surface area contributed by atoms with Crippen LogP contribution in [0.4, 0.5) is 0 Å².